The minimum absolute atomic E-state index is 0.633. The number of nitrogen functional groups attached to an aromatic ring is 1. The van der Waals surface area contributed by atoms with Crippen molar-refractivity contribution in [3.8, 4) is 0 Å². The van der Waals surface area contributed by atoms with Gasteiger partial charge >= 0.3 is 0 Å². The average Bonchev–Trinajstić information content (AvgIpc) is 3.15. The molecule has 0 unspecified atom stereocenters. The summed E-state index contributed by atoms with van der Waals surface area (Å²) in [4.78, 5) is 4.90. The second kappa shape index (κ2) is 4.35. The van der Waals surface area contributed by atoms with Crippen LogP contribution in [0.4, 0.5) is 5.82 Å². The van der Waals surface area contributed by atoms with Gasteiger partial charge in [-0.05, 0) is 32.6 Å². The molecule has 0 radical (unpaired) electrons. The smallest absolute Gasteiger partial charge is 0.127 e. The quantitative estimate of drug-likeness (QED) is 0.869. The topological polar surface area (TPSA) is 43.8 Å². The summed E-state index contributed by atoms with van der Waals surface area (Å²) in [6.07, 6.45) is 9.27. The van der Waals surface area contributed by atoms with Crippen molar-refractivity contribution >= 4 is 5.82 Å². The molecule has 94 valence electrons. The maximum atomic E-state index is 6.31. The molecule has 0 spiro atoms. The first-order valence-corrected chi connectivity index (χ1v) is 7.17. The number of hydrogen-bond acceptors (Lipinski definition) is 2. The molecule has 0 amide bonds. The number of anilines is 1. The lowest BCUT2D eigenvalue weighted by Gasteiger charge is -2.20. The molecule has 3 rings (SSSR count). The summed E-state index contributed by atoms with van der Waals surface area (Å²) in [6, 6.07) is 0. The lowest BCUT2D eigenvalue weighted by atomic mass is 9.87. The van der Waals surface area contributed by atoms with E-state index in [1.807, 2.05) is 0 Å². The van der Waals surface area contributed by atoms with Gasteiger partial charge in [-0.2, -0.15) is 0 Å². The predicted molar refractivity (Wildman–Crippen MR) is 70.1 cm³/mol. The van der Waals surface area contributed by atoms with Crippen molar-refractivity contribution in [1.29, 1.82) is 0 Å². The van der Waals surface area contributed by atoms with Gasteiger partial charge in [0.2, 0.25) is 0 Å². The number of hydrogen-bond donors (Lipinski definition) is 1. The zero-order chi connectivity index (χ0) is 11.8. The van der Waals surface area contributed by atoms with E-state index in [1.54, 1.807) is 0 Å². The highest BCUT2D eigenvalue weighted by Crippen LogP contribution is 2.43. The van der Waals surface area contributed by atoms with Gasteiger partial charge in [0, 0.05) is 18.4 Å². The fourth-order valence-electron chi connectivity index (χ4n) is 3.16. The molecule has 0 bridgehead atoms. The van der Waals surface area contributed by atoms with E-state index in [-0.39, 0.29) is 0 Å². The molecular weight excluding hydrogens is 210 g/mol. The number of aromatic nitrogens is 2. The van der Waals surface area contributed by atoms with Crippen LogP contribution in [0.1, 0.15) is 75.2 Å². The van der Waals surface area contributed by atoms with Gasteiger partial charge in [-0.1, -0.05) is 19.3 Å². The van der Waals surface area contributed by atoms with E-state index in [1.165, 1.54) is 56.5 Å². The highest BCUT2D eigenvalue weighted by atomic mass is 15.1. The third kappa shape index (κ3) is 1.96. The van der Waals surface area contributed by atoms with Crippen LogP contribution < -0.4 is 5.73 Å². The van der Waals surface area contributed by atoms with E-state index in [0.717, 1.165) is 12.4 Å². The van der Waals surface area contributed by atoms with Gasteiger partial charge < -0.3 is 10.3 Å². The Kier molecular flexibility index (Phi) is 2.85. The van der Waals surface area contributed by atoms with Gasteiger partial charge in [-0.3, -0.25) is 0 Å². The Balaban J connectivity index is 1.92. The molecule has 2 fully saturated rings. The monoisotopic (exact) mass is 233 g/mol. The lowest BCUT2D eigenvalue weighted by Crippen LogP contribution is -2.09. The Labute approximate surface area is 103 Å². The molecule has 0 saturated heterocycles. The largest absolute Gasteiger partial charge is 0.384 e. The summed E-state index contributed by atoms with van der Waals surface area (Å²) >= 11 is 0. The van der Waals surface area contributed by atoms with Crippen molar-refractivity contribution < 1.29 is 0 Å². The van der Waals surface area contributed by atoms with Gasteiger partial charge in [0.05, 0.1) is 5.69 Å². The normalized spacial score (nSPS) is 21.9. The molecule has 1 aromatic rings. The number of nitrogens with zero attached hydrogens (tertiary/aromatic N) is 2. The molecule has 2 aliphatic rings. The van der Waals surface area contributed by atoms with Crippen LogP contribution in [0.3, 0.4) is 0 Å². The first-order valence-electron chi connectivity index (χ1n) is 7.17. The molecule has 3 nitrogen and oxygen atoms in total. The summed E-state index contributed by atoms with van der Waals surface area (Å²) in [5.41, 5.74) is 7.53. The number of rotatable bonds is 3. The van der Waals surface area contributed by atoms with Crippen LogP contribution in [0.5, 0.6) is 0 Å². The third-order valence-corrected chi connectivity index (χ3v) is 4.32. The van der Waals surface area contributed by atoms with E-state index < -0.39 is 0 Å². The van der Waals surface area contributed by atoms with E-state index in [2.05, 4.69) is 11.5 Å². The minimum atomic E-state index is 0.633. The number of imidazole rings is 1. The second-order valence-electron chi connectivity index (χ2n) is 5.59. The summed E-state index contributed by atoms with van der Waals surface area (Å²) in [5.74, 6) is 3.57. The van der Waals surface area contributed by atoms with Gasteiger partial charge in [0.15, 0.2) is 0 Å². The molecule has 1 aromatic heterocycles. The van der Waals surface area contributed by atoms with Crippen molar-refractivity contribution in [2.24, 2.45) is 0 Å². The van der Waals surface area contributed by atoms with Crippen LogP contribution in [-0.2, 0) is 6.54 Å². The molecule has 2 saturated carbocycles. The molecule has 0 atom stereocenters. The molecular formula is C14H23N3. The summed E-state index contributed by atoms with van der Waals surface area (Å²) in [7, 11) is 0. The molecule has 2 aliphatic carbocycles. The van der Waals surface area contributed by atoms with E-state index in [4.69, 9.17) is 10.7 Å². The first-order chi connectivity index (χ1) is 8.31. The highest BCUT2D eigenvalue weighted by Gasteiger charge is 2.32. The maximum absolute atomic E-state index is 6.31. The van der Waals surface area contributed by atoms with E-state index >= 15 is 0 Å². The fraction of sp³-hybridized carbons (Fsp3) is 0.786. The Morgan fingerprint density at radius 3 is 2.41 bits per heavy atom. The first kappa shape index (κ1) is 11.1. The highest BCUT2D eigenvalue weighted by molar-refractivity contribution is 5.42. The molecule has 3 heteroatoms. The van der Waals surface area contributed by atoms with Crippen LogP contribution in [0.2, 0.25) is 0 Å². The van der Waals surface area contributed by atoms with E-state index in [9.17, 15) is 0 Å². The zero-order valence-corrected chi connectivity index (χ0v) is 10.8. The Hall–Kier alpha value is -0.990. The predicted octanol–water partition coefficient (Wildman–Crippen LogP) is 3.41. The van der Waals surface area contributed by atoms with Crippen LogP contribution in [0.25, 0.3) is 0 Å². The lowest BCUT2D eigenvalue weighted by molar-refractivity contribution is 0.438. The third-order valence-electron chi connectivity index (χ3n) is 4.32. The fourth-order valence-corrected chi connectivity index (χ4v) is 3.16. The Morgan fingerprint density at radius 2 is 1.82 bits per heavy atom. The van der Waals surface area contributed by atoms with Crippen LogP contribution in [-0.4, -0.2) is 9.55 Å². The van der Waals surface area contributed by atoms with Gasteiger partial charge in [-0.15, -0.1) is 0 Å². The van der Waals surface area contributed by atoms with Gasteiger partial charge in [0.1, 0.15) is 11.6 Å². The maximum Gasteiger partial charge on any atom is 0.127 e. The molecule has 2 N–H and O–H groups in total. The van der Waals surface area contributed by atoms with Crippen LogP contribution in [0.15, 0.2) is 0 Å². The van der Waals surface area contributed by atoms with Gasteiger partial charge in [0.25, 0.3) is 0 Å². The van der Waals surface area contributed by atoms with Crippen molar-refractivity contribution in [3.63, 3.8) is 0 Å². The summed E-state index contributed by atoms with van der Waals surface area (Å²) in [6.45, 7) is 3.14. The molecule has 1 heterocycles. The standard InChI is InChI=1S/C14H23N3/c1-2-17-13(15)12(10-6-4-3-5-7-10)16-14(17)11-8-9-11/h10-11H,2-9,15H2,1H3. The van der Waals surface area contributed by atoms with Crippen LogP contribution in [0, 0.1) is 0 Å². The molecule has 17 heavy (non-hydrogen) atoms. The summed E-state index contributed by atoms with van der Waals surface area (Å²) < 4.78 is 2.25. The van der Waals surface area contributed by atoms with Crippen molar-refractivity contribution in [1.82, 2.24) is 9.55 Å². The van der Waals surface area contributed by atoms with Crippen molar-refractivity contribution in [2.45, 2.75) is 70.3 Å². The summed E-state index contributed by atoms with van der Waals surface area (Å²) in [5, 5.41) is 0. The SMILES string of the molecule is CCn1c(C2CC2)nc(C2CCCCC2)c1N. The Morgan fingerprint density at radius 1 is 1.12 bits per heavy atom. The Bertz CT molecular complexity index is 398. The zero-order valence-electron chi connectivity index (χ0n) is 10.8. The number of nitrogens with two attached hydrogens (primary N) is 1. The van der Waals surface area contributed by atoms with Gasteiger partial charge in [-0.25, -0.2) is 4.98 Å². The van der Waals surface area contributed by atoms with E-state index in [0.29, 0.717) is 11.8 Å². The average molecular weight is 233 g/mol. The molecule has 0 aromatic carbocycles. The van der Waals surface area contributed by atoms with Crippen molar-refractivity contribution in [2.75, 3.05) is 5.73 Å². The molecule has 0 aliphatic heterocycles. The van der Waals surface area contributed by atoms with Crippen molar-refractivity contribution in [3.05, 3.63) is 11.5 Å². The minimum Gasteiger partial charge on any atom is -0.384 e. The second-order valence-corrected chi connectivity index (χ2v) is 5.59. The van der Waals surface area contributed by atoms with Crippen LogP contribution >= 0.6 is 0 Å².